The standard InChI is InChI=1S/C14H14BrClN2/c15-13-3-1-2-12-11(13)6-8-17-14(12)18(9-7-16)10-4-5-10/h1-3,6,8,10H,4-5,7,9H2. The van der Waals surface area contributed by atoms with Crippen molar-refractivity contribution in [1.29, 1.82) is 0 Å². The lowest BCUT2D eigenvalue weighted by Gasteiger charge is -2.24. The number of aromatic nitrogens is 1. The van der Waals surface area contributed by atoms with Crippen molar-refractivity contribution < 1.29 is 0 Å². The van der Waals surface area contributed by atoms with E-state index >= 15 is 0 Å². The monoisotopic (exact) mass is 324 g/mol. The van der Waals surface area contributed by atoms with Crippen LogP contribution in [0.2, 0.25) is 0 Å². The molecular weight excluding hydrogens is 312 g/mol. The normalized spacial score (nSPS) is 15.0. The summed E-state index contributed by atoms with van der Waals surface area (Å²) >= 11 is 9.52. The molecule has 0 N–H and O–H groups in total. The molecule has 0 radical (unpaired) electrons. The molecular formula is C14H14BrClN2. The van der Waals surface area contributed by atoms with Crippen molar-refractivity contribution in [3.63, 3.8) is 0 Å². The minimum absolute atomic E-state index is 0.626. The summed E-state index contributed by atoms with van der Waals surface area (Å²) in [6, 6.07) is 8.93. The molecule has 1 aliphatic rings. The van der Waals surface area contributed by atoms with Crippen molar-refractivity contribution in [3.05, 3.63) is 34.9 Å². The first-order valence-corrected chi connectivity index (χ1v) is 7.50. The van der Waals surface area contributed by atoms with Crippen molar-refractivity contribution in [2.75, 3.05) is 17.3 Å². The second kappa shape index (κ2) is 5.06. The van der Waals surface area contributed by atoms with Crippen LogP contribution in [0.5, 0.6) is 0 Å². The number of halogens is 2. The first-order valence-electron chi connectivity index (χ1n) is 6.17. The molecule has 0 bridgehead atoms. The van der Waals surface area contributed by atoms with E-state index in [9.17, 15) is 0 Å². The van der Waals surface area contributed by atoms with Crippen LogP contribution in [0.15, 0.2) is 34.9 Å². The molecule has 0 unspecified atom stereocenters. The Hall–Kier alpha value is -0.800. The molecule has 0 saturated heterocycles. The first kappa shape index (κ1) is 12.2. The van der Waals surface area contributed by atoms with Crippen LogP contribution in [-0.4, -0.2) is 23.5 Å². The summed E-state index contributed by atoms with van der Waals surface area (Å²) in [4.78, 5) is 6.92. The number of fused-ring (bicyclic) bond motifs is 1. The number of alkyl halides is 1. The zero-order valence-corrected chi connectivity index (χ0v) is 12.3. The maximum Gasteiger partial charge on any atom is 0.136 e. The maximum absolute atomic E-state index is 5.92. The average Bonchev–Trinajstić information content (AvgIpc) is 3.20. The minimum atomic E-state index is 0.626. The molecule has 18 heavy (non-hydrogen) atoms. The third-order valence-electron chi connectivity index (χ3n) is 3.32. The Bertz CT molecular complexity index is 569. The van der Waals surface area contributed by atoms with Crippen LogP contribution in [0.25, 0.3) is 10.8 Å². The van der Waals surface area contributed by atoms with E-state index in [0.717, 1.165) is 16.8 Å². The lowest BCUT2D eigenvalue weighted by Crippen LogP contribution is -2.28. The summed E-state index contributed by atoms with van der Waals surface area (Å²) < 4.78 is 1.12. The van der Waals surface area contributed by atoms with Gasteiger partial charge >= 0.3 is 0 Å². The molecule has 1 saturated carbocycles. The van der Waals surface area contributed by atoms with Gasteiger partial charge in [0.25, 0.3) is 0 Å². The average molecular weight is 326 g/mol. The molecule has 4 heteroatoms. The van der Waals surface area contributed by atoms with Crippen molar-refractivity contribution >= 4 is 44.1 Å². The van der Waals surface area contributed by atoms with E-state index in [1.165, 1.54) is 23.6 Å². The largest absolute Gasteiger partial charge is 0.352 e. The van der Waals surface area contributed by atoms with Crippen LogP contribution in [0.3, 0.4) is 0 Å². The van der Waals surface area contributed by atoms with E-state index in [0.29, 0.717) is 11.9 Å². The van der Waals surface area contributed by atoms with Gasteiger partial charge in [0.1, 0.15) is 5.82 Å². The lowest BCUT2D eigenvalue weighted by molar-refractivity contribution is 0.817. The number of benzene rings is 1. The van der Waals surface area contributed by atoms with Crippen molar-refractivity contribution in [3.8, 4) is 0 Å². The molecule has 0 aliphatic heterocycles. The van der Waals surface area contributed by atoms with E-state index in [-0.39, 0.29) is 0 Å². The van der Waals surface area contributed by atoms with Crippen LogP contribution < -0.4 is 4.90 Å². The molecule has 94 valence electrons. The highest BCUT2D eigenvalue weighted by Gasteiger charge is 2.30. The van der Waals surface area contributed by atoms with Gasteiger partial charge in [-0.2, -0.15) is 0 Å². The van der Waals surface area contributed by atoms with Gasteiger partial charge in [-0.05, 0) is 25.0 Å². The molecule has 1 aliphatic carbocycles. The smallest absolute Gasteiger partial charge is 0.136 e. The molecule has 2 nitrogen and oxygen atoms in total. The number of rotatable bonds is 4. The molecule has 1 aromatic heterocycles. The Morgan fingerprint density at radius 1 is 1.28 bits per heavy atom. The second-order valence-corrected chi connectivity index (χ2v) is 5.82. The first-order chi connectivity index (χ1) is 8.81. The quantitative estimate of drug-likeness (QED) is 0.783. The van der Waals surface area contributed by atoms with Crippen LogP contribution in [-0.2, 0) is 0 Å². The van der Waals surface area contributed by atoms with E-state index < -0.39 is 0 Å². The van der Waals surface area contributed by atoms with Gasteiger partial charge in [-0.25, -0.2) is 4.98 Å². The summed E-state index contributed by atoms with van der Waals surface area (Å²) in [5.41, 5.74) is 0. The molecule has 0 atom stereocenters. The predicted octanol–water partition coefficient (Wildman–Crippen LogP) is 4.20. The Morgan fingerprint density at radius 3 is 2.83 bits per heavy atom. The van der Waals surface area contributed by atoms with Crippen LogP contribution in [0.4, 0.5) is 5.82 Å². The number of pyridine rings is 1. The SMILES string of the molecule is ClCCN(c1nccc2c(Br)cccc12)C1CC1. The third kappa shape index (κ3) is 2.21. The van der Waals surface area contributed by atoms with Gasteiger partial charge in [0.05, 0.1) is 0 Å². The van der Waals surface area contributed by atoms with Crippen molar-refractivity contribution in [2.45, 2.75) is 18.9 Å². The topological polar surface area (TPSA) is 16.1 Å². The fourth-order valence-electron chi connectivity index (χ4n) is 2.32. The summed E-state index contributed by atoms with van der Waals surface area (Å²) in [7, 11) is 0. The fraction of sp³-hybridized carbons (Fsp3) is 0.357. The molecule has 1 heterocycles. The zero-order chi connectivity index (χ0) is 12.5. The molecule has 0 spiro atoms. The number of hydrogen-bond acceptors (Lipinski definition) is 2. The van der Waals surface area contributed by atoms with Crippen molar-refractivity contribution in [2.24, 2.45) is 0 Å². The third-order valence-corrected chi connectivity index (χ3v) is 4.18. The number of nitrogens with zero attached hydrogens (tertiary/aromatic N) is 2. The Kier molecular flexibility index (Phi) is 3.44. The van der Waals surface area contributed by atoms with Gasteiger partial charge in [-0.1, -0.05) is 28.1 Å². The van der Waals surface area contributed by atoms with E-state index in [1.807, 2.05) is 6.20 Å². The van der Waals surface area contributed by atoms with Gasteiger partial charge in [-0.3, -0.25) is 0 Å². The van der Waals surface area contributed by atoms with E-state index in [2.05, 4.69) is 50.1 Å². The van der Waals surface area contributed by atoms with Gasteiger partial charge in [0, 0.05) is 39.9 Å². The van der Waals surface area contributed by atoms with Crippen LogP contribution in [0.1, 0.15) is 12.8 Å². The predicted molar refractivity (Wildman–Crippen MR) is 80.5 cm³/mol. The summed E-state index contributed by atoms with van der Waals surface area (Å²) in [5, 5.41) is 2.41. The van der Waals surface area contributed by atoms with Gasteiger partial charge in [-0.15, -0.1) is 11.6 Å². The number of anilines is 1. The van der Waals surface area contributed by atoms with Gasteiger partial charge < -0.3 is 4.90 Å². The lowest BCUT2D eigenvalue weighted by atomic mass is 10.1. The van der Waals surface area contributed by atoms with Gasteiger partial charge in [0.2, 0.25) is 0 Å². The molecule has 1 fully saturated rings. The number of hydrogen-bond donors (Lipinski definition) is 0. The van der Waals surface area contributed by atoms with E-state index in [1.54, 1.807) is 0 Å². The van der Waals surface area contributed by atoms with Crippen LogP contribution >= 0.6 is 27.5 Å². The zero-order valence-electron chi connectivity index (χ0n) is 9.94. The van der Waals surface area contributed by atoms with Gasteiger partial charge in [0.15, 0.2) is 0 Å². The Morgan fingerprint density at radius 2 is 2.11 bits per heavy atom. The second-order valence-electron chi connectivity index (χ2n) is 4.58. The summed E-state index contributed by atoms with van der Waals surface area (Å²) in [6.45, 7) is 0.866. The van der Waals surface area contributed by atoms with Crippen LogP contribution in [0, 0.1) is 0 Å². The van der Waals surface area contributed by atoms with Crippen molar-refractivity contribution in [1.82, 2.24) is 4.98 Å². The molecule has 0 amide bonds. The highest BCUT2D eigenvalue weighted by molar-refractivity contribution is 9.10. The Balaban J connectivity index is 2.12. The molecule has 2 aromatic rings. The fourth-order valence-corrected chi connectivity index (χ4v) is 3.00. The highest BCUT2D eigenvalue weighted by Crippen LogP contribution is 2.35. The van der Waals surface area contributed by atoms with E-state index in [4.69, 9.17) is 11.6 Å². The minimum Gasteiger partial charge on any atom is -0.352 e. The highest BCUT2D eigenvalue weighted by atomic mass is 79.9. The Labute approximate surface area is 120 Å². The molecule has 1 aromatic carbocycles. The summed E-state index contributed by atoms with van der Waals surface area (Å²) in [6.07, 6.45) is 4.39. The maximum atomic E-state index is 5.92. The summed E-state index contributed by atoms with van der Waals surface area (Å²) in [5.74, 6) is 1.71. The molecule has 3 rings (SSSR count).